The van der Waals surface area contributed by atoms with Crippen LogP contribution in [0, 0.1) is 18.3 Å². The monoisotopic (exact) mass is 512 g/mol. The molecule has 0 unspecified atom stereocenters. The molecule has 15 heteroatoms. The maximum absolute atomic E-state index is 13.0. The minimum Gasteiger partial charge on any atom is -0.342 e. The molecule has 10 nitrogen and oxygen atoms in total. The predicted octanol–water partition coefficient (Wildman–Crippen LogP) is 3.19. The number of carbonyl (C=O) groups excluding carboxylic acids is 2. The van der Waals surface area contributed by atoms with E-state index < -0.39 is 34.9 Å². The Morgan fingerprint density at radius 3 is 2.71 bits per heavy atom. The molecule has 3 aromatic heterocycles. The average molecular weight is 513 g/mol. The Hall–Kier alpha value is -3.57. The van der Waals surface area contributed by atoms with Crippen LogP contribution in [0.25, 0.3) is 5.13 Å². The number of nitrogens with one attached hydrogen (secondary N) is 1. The Morgan fingerprint density at radius 1 is 1.35 bits per heavy atom. The van der Waals surface area contributed by atoms with E-state index in [1.807, 2.05) is 6.07 Å². The van der Waals surface area contributed by atoms with Crippen molar-refractivity contribution in [2.24, 2.45) is 0 Å². The molecule has 1 N–H and O–H groups in total. The van der Waals surface area contributed by atoms with E-state index in [1.54, 1.807) is 13.8 Å². The molecule has 3 aromatic rings. The zero-order valence-corrected chi connectivity index (χ0v) is 19.5. The van der Waals surface area contributed by atoms with Crippen LogP contribution in [0.3, 0.4) is 0 Å². The van der Waals surface area contributed by atoms with Gasteiger partial charge in [-0.2, -0.15) is 23.1 Å². The molecule has 178 valence electrons. The summed E-state index contributed by atoms with van der Waals surface area (Å²) in [5, 5.41) is 15.4. The van der Waals surface area contributed by atoms with Crippen LogP contribution in [-0.2, 0) is 6.18 Å². The lowest BCUT2D eigenvalue weighted by molar-refractivity contribution is -0.141. The van der Waals surface area contributed by atoms with Crippen LogP contribution < -0.4 is 5.32 Å². The molecule has 0 aliphatic rings. The summed E-state index contributed by atoms with van der Waals surface area (Å²) in [6.07, 6.45) is -3.44. The maximum Gasteiger partial charge on any atom is 0.433 e. The van der Waals surface area contributed by atoms with Gasteiger partial charge in [0.2, 0.25) is 5.13 Å². The average Bonchev–Trinajstić information content (AvgIpc) is 3.39. The first-order valence-electron chi connectivity index (χ1n) is 9.48. The number of rotatable bonds is 6. The Balaban J connectivity index is 1.85. The molecule has 0 saturated carbocycles. The van der Waals surface area contributed by atoms with Gasteiger partial charge in [-0.1, -0.05) is 22.9 Å². The largest absolute Gasteiger partial charge is 0.433 e. The number of carbonyl (C=O) groups is 2. The van der Waals surface area contributed by atoms with Crippen LogP contribution >= 0.6 is 22.9 Å². The van der Waals surface area contributed by atoms with Crippen LogP contribution in [0.15, 0.2) is 18.3 Å². The van der Waals surface area contributed by atoms with Crippen molar-refractivity contribution in [1.82, 2.24) is 34.9 Å². The standard InChI is InChI=1S/C19H16ClF3N8O2S/c1-9(26-16(32)11-6-13(19(21,22)23)28-14(20)7-11)15-27-10(2)29-31(15)18-25-8-12(34-18)17(33)30(3)5-4-24/h6-9H,5H2,1-3H3,(H,26,32)/t9-/m0/s1. The van der Waals surface area contributed by atoms with Gasteiger partial charge in [-0.25, -0.2) is 15.0 Å². The van der Waals surface area contributed by atoms with Crippen LogP contribution in [-0.4, -0.2) is 55.0 Å². The number of thiazole rings is 1. The first kappa shape index (κ1) is 25.1. The molecular weight excluding hydrogens is 497 g/mol. The third kappa shape index (κ3) is 5.49. The van der Waals surface area contributed by atoms with Crippen molar-refractivity contribution < 1.29 is 22.8 Å². The van der Waals surface area contributed by atoms with Gasteiger partial charge >= 0.3 is 6.18 Å². The van der Waals surface area contributed by atoms with Crippen molar-refractivity contribution in [3.05, 3.63) is 51.3 Å². The van der Waals surface area contributed by atoms with Gasteiger partial charge in [0.05, 0.1) is 18.3 Å². The van der Waals surface area contributed by atoms with Crippen molar-refractivity contribution >= 4 is 34.8 Å². The third-order valence-corrected chi connectivity index (χ3v) is 5.51. The van der Waals surface area contributed by atoms with Gasteiger partial charge in [0, 0.05) is 12.6 Å². The summed E-state index contributed by atoms with van der Waals surface area (Å²) in [5.74, 6) is -0.657. The fraction of sp³-hybridized carbons (Fsp3) is 0.316. The highest BCUT2D eigenvalue weighted by Crippen LogP contribution is 2.29. The highest BCUT2D eigenvalue weighted by molar-refractivity contribution is 7.16. The van der Waals surface area contributed by atoms with Gasteiger partial charge in [0.25, 0.3) is 11.8 Å². The molecule has 0 fully saturated rings. The molecule has 2 amide bonds. The number of nitriles is 1. The summed E-state index contributed by atoms with van der Waals surface area (Å²) in [6.45, 7) is 3.07. The number of pyridine rings is 1. The second-order valence-electron chi connectivity index (χ2n) is 7.01. The number of aryl methyl sites for hydroxylation is 1. The van der Waals surface area contributed by atoms with E-state index >= 15 is 0 Å². The van der Waals surface area contributed by atoms with E-state index in [-0.39, 0.29) is 27.9 Å². The van der Waals surface area contributed by atoms with E-state index in [0.29, 0.717) is 11.9 Å². The van der Waals surface area contributed by atoms with Crippen LogP contribution in [0.2, 0.25) is 5.15 Å². The number of hydrogen-bond donors (Lipinski definition) is 1. The molecule has 0 aliphatic carbocycles. The van der Waals surface area contributed by atoms with E-state index in [1.165, 1.54) is 22.8 Å². The van der Waals surface area contributed by atoms with E-state index in [0.717, 1.165) is 17.4 Å². The molecule has 3 rings (SSSR count). The number of halogens is 4. The fourth-order valence-corrected chi connectivity index (χ4v) is 3.88. The summed E-state index contributed by atoms with van der Waals surface area (Å²) in [6, 6.07) is 2.69. The topological polar surface area (TPSA) is 130 Å². The van der Waals surface area contributed by atoms with E-state index in [4.69, 9.17) is 16.9 Å². The van der Waals surface area contributed by atoms with Crippen molar-refractivity contribution in [2.75, 3.05) is 13.6 Å². The Labute approximate surface area is 200 Å². The van der Waals surface area contributed by atoms with Crippen molar-refractivity contribution in [3.63, 3.8) is 0 Å². The summed E-state index contributed by atoms with van der Waals surface area (Å²) < 4.78 is 40.4. The Bertz CT molecular complexity index is 1280. The lowest BCUT2D eigenvalue weighted by Gasteiger charge is -2.14. The molecule has 0 aromatic carbocycles. The molecule has 1 atom stereocenters. The highest BCUT2D eigenvalue weighted by Gasteiger charge is 2.34. The molecule has 3 heterocycles. The fourth-order valence-electron chi connectivity index (χ4n) is 2.80. The molecule has 0 aliphatic heterocycles. The first-order chi connectivity index (χ1) is 15.9. The van der Waals surface area contributed by atoms with Crippen molar-refractivity contribution in [2.45, 2.75) is 26.1 Å². The normalized spacial score (nSPS) is 12.2. The lowest BCUT2D eigenvalue weighted by atomic mass is 10.2. The molecule has 0 spiro atoms. The quantitative estimate of drug-likeness (QED) is 0.396. The molecular formula is C19H16ClF3N8O2S. The molecule has 0 saturated heterocycles. The van der Waals surface area contributed by atoms with E-state index in [9.17, 15) is 22.8 Å². The summed E-state index contributed by atoms with van der Waals surface area (Å²) in [4.78, 5) is 38.1. The number of alkyl halides is 3. The second-order valence-corrected chi connectivity index (χ2v) is 8.41. The number of nitrogens with zero attached hydrogens (tertiary/aromatic N) is 7. The van der Waals surface area contributed by atoms with Gasteiger partial charge < -0.3 is 10.2 Å². The molecule has 34 heavy (non-hydrogen) atoms. The molecule has 0 bridgehead atoms. The SMILES string of the molecule is Cc1nc([C@H](C)NC(=O)c2cc(Cl)nc(C(F)(F)F)c2)n(-c2ncc(C(=O)N(C)CC#N)s2)n1. The van der Waals surface area contributed by atoms with Gasteiger partial charge in [0.1, 0.15) is 28.1 Å². The zero-order valence-electron chi connectivity index (χ0n) is 17.9. The summed E-state index contributed by atoms with van der Waals surface area (Å²) in [7, 11) is 1.48. The highest BCUT2D eigenvalue weighted by atomic mass is 35.5. The summed E-state index contributed by atoms with van der Waals surface area (Å²) >= 11 is 6.66. The first-order valence-corrected chi connectivity index (χ1v) is 10.7. The lowest BCUT2D eigenvalue weighted by Crippen LogP contribution is -2.29. The smallest absolute Gasteiger partial charge is 0.342 e. The predicted molar refractivity (Wildman–Crippen MR) is 114 cm³/mol. The Morgan fingerprint density at radius 2 is 2.06 bits per heavy atom. The van der Waals surface area contributed by atoms with Gasteiger partial charge in [-0.05, 0) is 26.0 Å². The maximum atomic E-state index is 13.0. The van der Waals surface area contributed by atoms with Crippen molar-refractivity contribution in [3.8, 4) is 11.2 Å². The van der Waals surface area contributed by atoms with Gasteiger partial charge in [-0.15, -0.1) is 5.10 Å². The van der Waals surface area contributed by atoms with Gasteiger partial charge in [-0.3, -0.25) is 9.59 Å². The van der Waals surface area contributed by atoms with Crippen LogP contribution in [0.5, 0.6) is 0 Å². The second kappa shape index (κ2) is 9.74. The van der Waals surface area contributed by atoms with Crippen molar-refractivity contribution in [1.29, 1.82) is 5.26 Å². The Kier molecular flexibility index (Phi) is 7.18. The number of aromatic nitrogens is 5. The minimum absolute atomic E-state index is 0.0993. The zero-order chi connectivity index (χ0) is 25.2. The summed E-state index contributed by atoms with van der Waals surface area (Å²) in [5.41, 5.74) is -1.62. The van der Waals surface area contributed by atoms with Crippen LogP contribution in [0.1, 0.15) is 50.3 Å². The number of hydrogen-bond acceptors (Lipinski definition) is 8. The van der Waals surface area contributed by atoms with E-state index in [2.05, 4.69) is 25.4 Å². The minimum atomic E-state index is -4.77. The van der Waals surface area contributed by atoms with Crippen LogP contribution in [0.4, 0.5) is 13.2 Å². The van der Waals surface area contributed by atoms with Gasteiger partial charge in [0.15, 0.2) is 5.82 Å². The number of amides is 2. The third-order valence-electron chi connectivity index (χ3n) is 4.36. The molecule has 0 radical (unpaired) electrons.